The SMILES string of the molecule is c1ccc(N2CCC(Nc3ccccc3O[C@H]3CCOC3)CC2)nc1. The summed E-state index contributed by atoms with van der Waals surface area (Å²) in [5, 5.41) is 3.68. The summed E-state index contributed by atoms with van der Waals surface area (Å²) < 4.78 is 11.5. The van der Waals surface area contributed by atoms with E-state index in [0.29, 0.717) is 12.6 Å². The van der Waals surface area contributed by atoms with E-state index in [1.807, 2.05) is 30.5 Å². The van der Waals surface area contributed by atoms with Crippen LogP contribution in [0.5, 0.6) is 5.75 Å². The number of hydrogen-bond donors (Lipinski definition) is 1. The Morgan fingerprint density at radius 3 is 2.64 bits per heavy atom. The van der Waals surface area contributed by atoms with Crippen LogP contribution in [0, 0.1) is 0 Å². The van der Waals surface area contributed by atoms with Gasteiger partial charge in [0.15, 0.2) is 0 Å². The normalized spacial score (nSPS) is 21.3. The van der Waals surface area contributed by atoms with Gasteiger partial charge in [-0.3, -0.25) is 0 Å². The third kappa shape index (κ3) is 4.04. The Bertz CT molecular complexity index is 666. The van der Waals surface area contributed by atoms with Crippen molar-refractivity contribution in [2.75, 3.05) is 36.5 Å². The Hall–Kier alpha value is -2.27. The van der Waals surface area contributed by atoms with Gasteiger partial charge in [0.1, 0.15) is 17.7 Å². The summed E-state index contributed by atoms with van der Waals surface area (Å²) in [7, 11) is 0. The molecule has 2 saturated heterocycles. The van der Waals surface area contributed by atoms with Crippen LogP contribution in [0.25, 0.3) is 0 Å². The summed E-state index contributed by atoms with van der Waals surface area (Å²) in [6.45, 7) is 3.53. The molecule has 2 aliphatic rings. The molecule has 0 saturated carbocycles. The quantitative estimate of drug-likeness (QED) is 0.905. The van der Waals surface area contributed by atoms with Gasteiger partial charge < -0.3 is 19.7 Å². The van der Waals surface area contributed by atoms with Crippen LogP contribution >= 0.6 is 0 Å². The van der Waals surface area contributed by atoms with Crippen LogP contribution < -0.4 is 15.0 Å². The molecule has 1 aromatic carbocycles. The number of ether oxygens (including phenoxy) is 2. The molecule has 132 valence electrons. The first-order chi connectivity index (χ1) is 12.4. The van der Waals surface area contributed by atoms with Crippen molar-refractivity contribution in [2.45, 2.75) is 31.4 Å². The smallest absolute Gasteiger partial charge is 0.142 e. The van der Waals surface area contributed by atoms with Crippen LogP contribution in [0.2, 0.25) is 0 Å². The van der Waals surface area contributed by atoms with E-state index in [1.54, 1.807) is 0 Å². The molecule has 2 aromatic rings. The highest BCUT2D eigenvalue weighted by Crippen LogP contribution is 2.29. The second-order valence-electron chi connectivity index (χ2n) is 6.69. The molecule has 0 bridgehead atoms. The summed E-state index contributed by atoms with van der Waals surface area (Å²) >= 11 is 0. The maximum absolute atomic E-state index is 6.13. The monoisotopic (exact) mass is 339 g/mol. The van der Waals surface area contributed by atoms with E-state index in [9.17, 15) is 0 Å². The molecule has 1 aromatic heterocycles. The van der Waals surface area contributed by atoms with Gasteiger partial charge in [0.05, 0.1) is 18.9 Å². The van der Waals surface area contributed by atoms with Gasteiger partial charge >= 0.3 is 0 Å². The highest BCUT2D eigenvalue weighted by Gasteiger charge is 2.22. The van der Waals surface area contributed by atoms with Crippen LogP contribution in [-0.4, -0.2) is 43.4 Å². The second-order valence-corrected chi connectivity index (χ2v) is 6.69. The lowest BCUT2D eigenvalue weighted by molar-refractivity contribution is 0.142. The van der Waals surface area contributed by atoms with Crippen LogP contribution in [0.4, 0.5) is 11.5 Å². The van der Waals surface area contributed by atoms with Gasteiger partial charge in [-0.25, -0.2) is 4.98 Å². The average Bonchev–Trinajstić information content (AvgIpc) is 3.18. The molecule has 1 N–H and O–H groups in total. The lowest BCUT2D eigenvalue weighted by atomic mass is 10.0. The van der Waals surface area contributed by atoms with Crippen molar-refractivity contribution in [1.82, 2.24) is 4.98 Å². The topological polar surface area (TPSA) is 46.6 Å². The van der Waals surface area contributed by atoms with Gasteiger partial charge in [-0.2, -0.15) is 0 Å². The Morgan fingerprint density at radius 2 is 1.88 bits per heavy atom. The van der Waals surface area contributed by atoms with E-state index in [0.717, 1.165) is 56.2 Å². The van der Waals surface area contributed by atoms with Crippen LogP contribution in [-0.2, 0) is 4.74 Å². The fraction of sp³-hybridized carbons (Fsp3) is 0.450. The van der Waals surface area contributed by atoms with Crippen molar-refractivity contribution in [1.29, 1.82) is 0 Å². The number of nitrogens with zero attached hydrogens (tertiary/aromatic N) is 2. The number of pyridine rings is 1. The molecule has 5 nitrogen and oxygen atoms in total. The van der Waals surface area contributed by atoms with E-state index >= 15 is 0 Å². The molecular weight excluding hydrogens is 314 g/mol. The third-order valence-electron chi connectivity index (χ3n) is 4.90. The van der Waals surface area contributed by atoms with Crippen molar-refractivity contribution in [2.24, 2.45) is 0 Å². The zero-order chi connectivity index (χ0) is 16.9. The number of para-hydroxylation sites is 2. The van der Waals surface area contributed by atoms with E-state index in [1.165, 1.54) is 0 Å². The molecule has 1 atom stereocenters. The first-order valence-electron chi connectivity index (χ1n) is 9.14. The molecular formula is C20H25N3O2. The number of rotatable bonds is 5. The minimum Gasteiger partial charge on any atom is -0.486 e. The molecule has 5 heteroatoms. The Morgan fingerprint density at radius 1 is 1.04 bits per heavy atom. The van der Waals surface area contributed by atoms with Gasteiger partial charge in [0.25, 0.3) is 0 Å². The number of piperidine rings is 1. The van der Waals surface area contributed by atoms with Gasteiger partial charge in [-0.1, -0.05) is 18.2 Å². The molecule has 2 fully saturated rings. The van der Waals surface area contributed by atoms with E-state index in [2.05, 4.69) is 33.4 Å². The summed E-state index contributed by atoms with van der Waals surface area (Å²) in [5.41, 5.74) is 1.09. The fourth-order valence-corrected chi connectivity index (χ4v) is 3.49. The Kier molecular flexibility index (Phi) is 5.02. The number of aromatic nitrogens is 1. The zero-order valence-electron chi connectivity index (χ0n) is 14.4. The maximum atomic E-state index is 6.13. The summed E-state index contributed by atoms with van der Waals surface area (Å²) in [5.74, 6) is 2.01. The molecule has 0 spiro atoms. The van der Waals surface area contributed by atoms with Gasteiger partial charge in [0, 0.05) is 31.7 Å². The highest BCUT2D eigenvalue weighted by atomic mass is 16.5. The molecule has 0 aliphatic carbocycles. The van der Waals surface area contributed by atoms with E-state index < -0.39 is 0 Å². The summed E-state index contributed by atoms with van der Waals surface area (Å²) in [4.78, 5) is 6.81. The van der Waals surface area contributed by atoms with Gasteiger partial charge in [-0.15, -0.1) is 0 Å². The predicted octanol–water partition coefficient (Wildman–Crippen LogP) is 3.33. The number of hydrogen-bond acceptors (Lipinski definition) is 5. The molecule has 3 heterocycles. The van der Waals surface area contributed by atoms with Crippen molar-refractivity contribution < 1.29 is 9.47 Å². The predicted molar refractivity (Wildman–Crippen MR) is 99.4 cm³/mol. The van der Waals surface area contributed by atoms with Gasteiger partial charge in [0.2, 0.25) is 0 Å². The van der Waals surface area contributed by atoms with Crippen molar-refractivity contribution in [3.05, 3.63) is 48.7 Å². The van der Waals surface area contributed by atoms with Gasteiger partial charge in [-0.05, 0) is 37.1 Å². The van der Waals surface area contributed by atoms with Crippen LogP contribution in [0.1, 0.15) is 19.3 Å². The molecule has 0 amide bonds. The summed E-state index contributed by atoms with van der Waals surface area (Å²) in [6, 6.07) is 14.8. The van der Waals surface area contributed by atoms with E-state index in [-0.39, 0.29) is 6.10 Å². The van der Waals surface area contributed by atoms with Crippen LogP contribution in [0.15, 0.2) is 48.7 Å². The third-order valence-corrected chi connectivity index (χ3v) is 4.90. The molecule has 25 heavy (non-hydrogen) atoms. The largest absolute Gasteiger partial charge is 0.486 e. The first kappa shape index (κ1) is 16.2. The lowest BCUT2D eigenvalue weighted by Crippen LogP contribution is -2.39. The zero-order valence-corrected chi connectivity index (χ0v) is 14.4. The molecule has 4 rings (SSSR count). The number of benzene rings is 1. The average molecular weight is 339 g/mol. The minimum absolute atomic E-state index is 0.175. The Labute approximate surface area is 149 Å². The fourth-order valence-electron chi connectivity index (χ4n) is 3.49. The molecule has 2 aliphatic heterocycles. The van der Waals surface area contributed by atoms with Crippen molar-refractivity contribution in [3.8, 4) is 5.75 Å². The molecule has 0 unspecified atom stereocenters. The van der Waals surface area contributed by atoms with Crippen molar-refractivity contribution >= 4 is 11.5 Å². The number of nitrogens with one attached hydrogen (secondary N) is 1. The minimum atomic E-state index is 0.175. The highest BCUT2D eigenvalue weighted by molar-refractivity contribution is 5.57. The molecule has 0 radical (unpaired) electrons. The maximum Gasteiger partial charge on any atom is 0.142 e. The summed E-state index contributed by atoms with van der Waals surface area (Å²) in [6.07, 6.45) is 5.19. The number of anilines is 2. The standard InChI is InChI=1S/C20H25N3O2/c1-2-6-19(25-17-10-14-24-15-17)18(5-1)22-16-8-12-23(13-9-16)20-7-3-4-11-21-20/h1-7,11,16-17,22H,8-10,12-15H2/t17-/m0/s1. The van der Waals surface area contributed by atoms with E-state index in [4.69, 9.17) is 9.47 Å². The lowest BCUT2D eigenvalue weighted by Gasteiger charge is -2.34. The van der Waals surface area contributed by atoms with Crippen molar-refractivity contribution in [3.63, 3.8) is 0 Å². The first-order valence-corrected chi connectivity index (χ1v) is 9.14. The van der Waals surface area contributed by atoms with Crippen LogP contribution in [0.3, 0.4) is 0 Å². The second kappa shape index (κ2) is 7.74. The Balaban J connectivity index is 1.35.